The molecule has 0 spiro atoms. The number of carbonyl (C=O) groups is 1. The molecular formula is C10H18N2O. The van der Waals surface area contributed by atoms with E-state index in [2.05, 4.69) is 25.3 Å². The maximum absolute atomic E-state index is 10.7. The Hall–Kier alpha value is -0.830. The molecule has 1 heterocycles. The van der Waals surface area contributed by atoms with E-state index in [0.29, 0.717) is 12.1 Å². The third-order valence-electron chi connectivity index (χ3n) is 2.66. The highest BCUT2D eigenvalue weighted by atomic mass is 16.1. The van der Waals surface area contributed by atoms with Crippen molar-refractivity contribution in [1.29, 1.82) is 0 Å². The average molecular weight is 182 g/mol. The fraction of sp³-hybridized carbons (Fsp3) is 0.700. The predicted molar refractivity (Wildman–Crippen MR) is 53.5 cm³/mol. The number of piperazine rings is 1. The molecule has 74 valence electrons. The van der Waals surface area contributed by atoms with Crippen molar-refractivity contribution in [2.24, 2.45) is 0 Å². The smallest absolute Gasteiger partial charge is 0.210 e. The summed E-state index contributed by atoms with van der Waals surface area (Å²) < 4.78 is 0. The van der Waals surface area contributed by atoms with E-state index in [4.69, 9.17) is 0 Å². The molecule has 0 aromatic heterocycles. The summed E-state index contributed by atoms with van der Waals surface area (Å²) in [5.41, 5.74) is 0. The summed E-state index contributed by atoms with van der Waals surface area (Å²) in [6, 6.07) is 0.771. The van der Waals surface area contributed by atoms with Crippen LogP contribution in [-0.4, -0.2) is 47.9 Å². The van der Waals surface area contributed by atoms with Crippen LogP contribution in [-0.2, 0) is 4.79 Å². The summed E-state index contributed by atoms with van der Waals surface area (Å²) in [5.74, 6) is 0. The van der Waals surface area contributed by atoms with Crippen molar-refractivity contribution in [2.75, 3.05) is 19.6 Å². The highest BCUT2D eigenvalue weighted by molar-refractivity contribution is 5.48. The molecule has 1 rings (SSSR count). The van der Waals surface area contributed by atoms with Crippen LogP contribution in [0.5, 0.6) is 0 Å². The van der Waals surface area contributed by atoms with Crippen LogP contribution in [0.2, 0.25) is 0 Å². The highest BCUT2D eigenvalue weighted by Crippen LogP contribution is 2.12. The topological polar surface area (TPSA) is 23.6 Å². The van der Waals surface area contributed by atoms with E-state index >= 15 is 0 Å². The van der Waals surface area contributed by atoms with Gasteiger partial charge in [-0.1, -0.05) is 6.08 Å². The zero-order valence-corrected chi connectivity index (χ0v) is 8.44. The number of amides is 1. The third-order valence-corrected chi connectivity index (χ3v) is 2.66. The molecule has 0 aromatic carbocycles. The Bertz CT molecular complexity index is 193. The SMILES string of the molecule is C=CCN1CC(C)N(C=O)C[C@H]1C. The van der Waals surface area contributed by atoms with E-state index in [1.165, 1.54) is 0 Å². The van der Waals surface area contributed by atoms with Crippen molar-refractivity contribution in [1.82, 2.24) is 9.80 Å². The monoisotopic (exact) mass is 182 g/mol. The first kappa shape index (κ1) is 10.3. The lowest BCUT2D eigenvalue weighted by Gasteiger charge is -2.42. The minimum Gasteiger partial charge on any atom is -0.340 e. The van der Waals surface area contributed by atoms with Gasteiger partial charge in [-0.2, -0.15) is 0 Å². The van der Waals surface area contributed by atoms with Crippen LogP contribution >= 0.6 is 0 Å². The molecule has 2 atom stereocenters. The predicted octanol–water partition coefficient (Wildman–Crippen LogP) is 0.723. The molecule has 0 aliphatic carbocycles. The normalized spacial score (nSPS) is 30.2. The molecule has 3 heteroatoms. The van der Waals surface area contributed by atoms with Gasteiger partial charge in [0.15, 0.2) is 0 Å². The Balaban J connectivity index is 2.55. The molecule has 0 aromatic rings. The zero-order valence-electron chi connectivity index (χ0n) is 8.44. The van der Waals surface area contributed by atoms with E-state index in [9.17, 15) is 4.79 Å². The Kier molecular flexibility index (Phi) is 3.48. The van der Waals surface area contributed by atoms with E-state index in [0.717, 1.165) is 26.0 Å². The molecule has 1 aliphatic heterocycles. The second-order valence-electron chi connectivity index (χ2n) is 3.74. The third kappa shape index (κ3) is 2.31. The molecule has 1 saturated heterocycles. The minimum absolute atomic E-state index is 0.327. The first-order valence-corrected chi connectivity index (χ1v) is 4.75. The van der Waals surface area contributed by atoms with Gasteiger partial charge in [0.05, 0.1) is 0 Å². The minimum atomic E-state index is 0.327. The molecule has 0 saturated carbocycles. The van der Waals surface area contributed by atoms with Crippen molar-refractivity contribution in [2.45, 2.75) is 25.9 Å². The van der Waals surface area contributed by atoms with Crippen LogP contribution in [0.4, 0.5) is 0 Å². The fourth-order valence-corrected chi connectivity index (χ4v) is 1.79. The lowest BCUT2D eigenvalue weighted by molar-refractivity contribution is -0.123. The van der Waals surface area contributed by atoms with Gasteiger partial charge >= 0.3 is 0 Å². The number of carbonyl (C=O) groups excluding carboxylic acids is 1. The quantitative estimate of drug-likeness (QED) is 0.474. The van der Waals surface area contributed by atoms with Gasteiger partial charge in [-0.05, 0) is 13.8 Å². The second-order valence-corrected chi connectivity index (χ2v) is 3.74. The van der Waals surface area contributed by atoms with Crippen LogP contribution in [0.3, 0.4) is 0 Å². The average Bonchev–Trinajstić information content (AvgIpc) is 2.11. The van der Waals surface area contributed by atoms with Gasteiger partial charge in [0.1, 0.15) is 0 Å². The van der Waals surface area contributed by atoms with Gasteiger partial charge in [0.25, 0.3) is 0 Å². The van der Waals surface area contributed by atoms with Gasteiger partial charge in [0.2, 0.25) is 6.41 Å². The van der Waals surface area contributed by atoms with Gasteiger partial charge in [-0.25, -0.2) is 0 Å². The molecule has 13 heavy (non-hydrogen) atoms. The number of hydrogen-bond acceptors (Lipinski definition) is 2. The second kappa shape index (κ2) is 4.42. The highest BCUT2D eigenvalue weighted by Gasteiger charge is 2.26. The molecule has 1 unspecified atom stereocenters. The van der Waals surface area contributed by atoms with Gasteiger partial charge in [-0.3, -0.25) is 9.69 Å². The summed E-state index contributed by atoms with van der Waals surface area (Å²) in [6.07, 6.45) is 2.87. The molecule has 0 N–H and O–H groups in total. The Morgan fingerprint density at radius 1 is 1.38 bits per heavy atom. The van der Waals surface area contributed by atoms with Crippen LogP contribution < -0.4 is 0 Å². The summed E-state index contributed by atoms with van der Waals surface area (Å²) in [4.78, 5) is 14.9. The number of hydrogen-bond donors (Lipinski definition) is 0. The van der Waals surface area contributed by atoms with Gasteiger partial charge in [0, 0.05) is 31.7 Å². The Morgan fingerprint density at radius 3 is 2.62 bits per heavy atom. The van der Waals surface area contributed by atoms with Crippen LogP contribution in [0.25, 0.3) is 0 Å². The van der Waals surface area contributed by atoms with E-state index in [1.807, 2.05) is 11.0 Å². The summed E-state index contributed by atoms with van der Waals surface area (Å²) in [7, 11) is 0. The summed E-state index contributed by atoms with van der Waals surface area (Å²) in [5, 5.41) is 0. The molecule has 0 bridgehead atoms. The zero-order chi connectivity index (χ0) is 9.84. The molecule has 1 amide bonds. The summed E-state index contributed by atoms with van der Waals surface area (Å²) >= 11 is 0. The standard InChI is InChI=1S/C10H18N2O/c1-4-5-11-6-10(3)12(8-13)7-9(11)2/h4,8-10H,1,5-7H2,2-3H3/t9-,10?/m1/s1. The molecular weight excluding hydrogens is 164 g/mol. The maximum atomic E-state index is 10.7. The first-order chi connectivity index (χ1) is 6.19. The Labute approximate surface area is 80.0 Å². The number of nitrogens with zero attached hydrogens (tertiary/aromatic N) is 2. The van der Waals surface area contributed by atoms with Crippen molar-refractivity contribution in [3.8, 4) is 0 Å². The van der Waals surface area contributed by atoms with Gasteiger partial charge < -0.3 is 4.90 Å². The van der Waals surface area contributed by atoms with Crippen molar-refractivity contribution in [3.05, 3.63) is 12.7 Å². The summed E-state index contributed by atoms with van der Waals surface area (Å²) in [6.45, 7) is 10.7. The van der Waals surface area contributed by atoms with E-state index < -0.39 is 0 Å². The Morgan fingerprint density at radius 2 is 2.08 bits per heavy atom. The lowest BCUT2D eigenvalue weighted by atomic mass is 10.1. The van der Waals surface area contributed by atoms with Crippen molar-refractivity contribution >= 4 is 6.41 Å². The molecule has 1 aliphatic rings. The first-order valence-electron chi connectivity index (χ1n) is 4.75. The van der Waals surface area contributed by atoms with Crippen LogP contribution in [0.1, 0.15) is 13.8 Å². The van der Waals surface area contributed by atoms with Gasteiger partial charge in [-0.15, -0.1) is 6.58 Å². The lowest BCUT2D eigenvalue weighted by Crippen LogP contribution is -2.55. The van der Waals surface area contributed by atoms with Crippen molar-refractivity contribution < 1.29 is 4.79 Å². The molecule has 3 nitrogen and oxygen atoms in total. The van der Waals surface area contributed by atoms with Crippen LogP contribution in [0, 0.1) is 0 Å². The number of rotatable bonds is 3. The van der Waals surface area contributed by atoms with Crippen LogP contribution in [0.15, 0.2) is 12.7 Å². The molecule has 1 fully saturated rings. The van der Waals surface area contributed by atoms with Crippen molar-refractivity contribution in [3.63, 3.8) is 0 Å². The fourth-order valence-electron chi connectivity index (χ4n) is 1.79. The largest absolute Gasteiger partial charge is 0.340 e. The maximum Gasteiger partial charge on any atom is 0.210 e. The van der Waals surface area contributed by atoms with E-state index in [1.54, 1.807) is 0 Å². The van der Waals surface area contributed by atoms with E-state index in [-0.39, 0.29) is 0 Å². The molecule has 0 radical (unpaired) electrons.